The van der Waals surface area contributed by atoms with Crippen molar-refractivity contribution >= 4 is 11.4 Å². The highest BCUT2D eigenvalue weighted by atomic mass is 16.6. The molecular formula is C15H23N3O3. The highest BCUT2D eigenvalue weighted by Crippen LogP contribution is 2.30. The number of nitrogens with zero attached hydrogens (tertiary/aromatic N) is 2. The fourth-order valence-electron chi connectivity index (χ4n) is 2.84. The van der Waals surface area contributed by atoms with E-state index in [2.05, 4.69) is 17.1 Å². The zero-order chi connectivity index (χ0) is 15.2. The molecule has 1 aliphatic rings. The third-order valence-corrected chi connectivity index (χ3v) is 3.78. The summed E-state index contributed by atoms with van der Waals surface area (Å²) < 4.78 is 5.47. The van der Waals surface area contributed by atoms with Crippen LogP contribution in [0.25, 0.3) is 0 Å². The van der Waals surface area contributed by atoms with E-state index in [0.29, 0.717) is 18.4 Å². The van der Waals surface area contributed by atoms with E-state index in [1.807, 2.05) is 13.0 Å². The van der Waals surface area contributed by atoms with Crippen LogP contribution in [0.4, 0.5) is 11.4 Å². The lowest BCUT2D eigenvalue weighted by molar-refractivity contribution is -0.384. The molecule has 1 atom stereocenters. The van der Waals surface area contributed by atoms with Gasteiger partial charge in [0.05, 0.1) is 17.6 Å². The number of nitro groups is 1. The maximum absolute atomic E-state index is 11.1. The van der Waals surface area contributed by atoms with Crippen molar-refractivity contribution in [1.29, 1.82) is 0 Å². The van der Waals surface area contributed by atoms with Gasteiger partial charge in [0.1, 0.15) is 5.75 Å². The highest BCUT2D eigenvalue weighted by Gasteiger charge is 2.22. The van der Waals surface area contributed by atoms with Gasteiger partial charge in [0.2, 0.25) is 0 Å². The van der Waals surface area contributed by atoms with Gasteiger partial charge >= 0.3 is 0 Å². The van der Waals surface area contributed by atoms with E-state index in [1.165, 1.54) is 6.07 Å². The van der Waals surface area contributed by atoms with Gasteiger partial charge in [0.25, 0.3) is 5.69 Å². The monoisotopic (exact) mass is 293 g/mol. The van der Waals surface area contributed by atoms with Crippen molar-refractivity contribution in [3.63, 3.8) is 0 Å². The van der Waals surface area contributed by atoms with Crippen molar-refractivity contribution in [1.82, 2.24) is 5.32 Å². The molecule has 6 nitrogen and oxygen atoms in total. The molecule has 1 aromatic rings. The SMILES string of the molecule is CCOc1cc(N(CC)C2CCCNC2)cc([N+](=O)[O-])c1. The molecule has 0 aromatic heterocycles. The molecule has 1 saturated heterocycles. The summed E-state index contributed by atoms with van der Waals surface area (Å²) in [4.78, 5) is 13.0. The Labute approximate surface area is 125 Å². The summed E-state index contributed by atoms with van der Waals surface area (Å²) in [5, 5.41) is 14.5. The van der Waals surface area contributed by atoms with Gasteiger partial charge < -0.3 is 15.0 Å². The zero-order valence-corrected chi connectivity index (χ0v) is 12.7. The normalized spacial score (nSPS) is 18.3. The van der Waals surface area contributed by atoms with Gasteiger partial charge in [-0.1, -0.05) is 0 Å². The average molecular weight is 293 g/mol. The lowest BCUT2D eigenvalue weighted by atomic mass is 10.0. The van der Waals surface area contributed by atoms with E-state index in [9.17, 15) is 10.1 Å². The lowest BCUT2D eigenvalue weighted by Gasteiger charge is -2.35. The summed E-state index contributed by atoms with van der Waals surface area (Å²) in [5.74, 6) is 0.559. The predicted molar refractivity (Wildman–Crippen MR) is 83.2 cm³/mol. The van der Waals surface area contributed by atoms with Crippen LogP contribution >= 0.6 is 0 Å². The number of nitro benzene ring substituents is 1. The molecule has 0 radical (unpaired) electrons. The molecule has 0 spiro atoms. The van der Waals surface area contributed by atoms with E-state index < -0.39 is 0 Å². The fraction of sp³-hybridized carbons (Fsp3) is 0.600. The number of benzene rings is 1. The van der Waals surface area contributed by atoms with E-state index >= 15 is 0 Å². The van der Waals surface area contributed by atoms with Crippen LogP contribution in [0.5, 0.6) is 5.75 Å². The number of ether oxygens (including phenoxy) is 1. The van der Waals surface area contributed by atoms with Crippen molar-refractivity contribution in [2.45, 2.75) is 32.7 Å². The van der Waals surface area contributed by atoms with Crippen LogP contribution in [0.3, 0.4) is 0 Å². The molecule has 21 heavy (non-hydrogen) atoms. The molecule has 116 valence electrons. The van der Waals surface area contributed by atoms with E-state index in [1.54, 1.807) is 6.07 Å². The molecule has 1 N–H and O–H groups in total. The second-order valence-electron chi connectivity index (χ2n) is 5.16. The molecule has 1 aliphatic heterocycles. The zero-order valence-electron chi connectivity index (χ0n) is 12.7. The van der Waals surface area contributed by atoms with E-state index in [4.69, 9.17) is 4.74 Å². The minimum atomic E-state index is -0.362. The van der Waals surface area contributed by atoms with Gasteiger partial charge in [-0.25, -0.2) is 0 Å². The Morgan fingerprint density at radius 1 is 1.43 bits per heavy atom. The van der Waals surface area contributed by atoms with Gasteiger partial charge in [-0.05, 0) is 33.2 Å². The highest BCUT2D eigenvalue weighted by molar-refractivity contribution is 5.58. The number of hydrogen-bond acceptors (Lipinski definition) is 5. The molecule has 2 rings (SSSR count). The van der Waals surface area contributed by atoms with Crippen molar-refractivity contribution in [3.8, 4) is 5.75 Å². The maximum atomic E-state index is 11.1. The summed E-state index contributed by atoms with van der Waals surface area (Å²) in [6.45, 7) is 7.24. The molecule has 1 fully saturated rings. The topological polar surface area (TPSA) is 67.6 Å². The number of hydrogen-bond donors (Lipinski definition) is 1. The van der Waals surface area contributed by atoms with E-state index in [0.717, 1.165) is 38.2 Å². The van der Waals surface area contributed by atoms with Gasteiger partial charge in [-0.15, -0.1) is 0 Å². The predicted octanol–water partition coefficient (Wildman–Crippen LogP) is 2.57. The van der Waals surface area contributed by atoms with E-state index in [-0.39, 0.29) is 10.6 Å². The van der Waals surface area contributed by atoms with Gasteiger partial charge in [0, 0.05) is 37.0 Å². The van der Waals surface area contributed by atoms with Gasteiger partial charge in [-0.2, -0.15) is 0 Å². The molecule has 1 unspecified atom stereocenters. The van der Waals surface area contributed by atoms with Crippen molar-refractivity contribution < 1.29 is 9.66 Å². The Kier molecular flexibility index (Phi) is 5.38. The minimum Gasteiger partial charge on any atom is -0.494 e. The smallest absolute Gasteiger partial charge is 0.275 e. The number of anilines is 1. The van der Waals surface area contributed by atoms with Crippen LogP contribution < -0.4 is 15.0 Å². The second kappa shape index (κ2) is 7.26. The van der Waals surface area contributed by atoms with Crippen LogP contribution in [-0.4, -0.2) is 37.2 Å². The Hall–Kier alpha value is -1.82. The third kappa shape index (κ3) is 3.85. The number of nitrogens with one attached hydrogen (secondary N) is 1. The summed E-state index contributed by atoms with van der Waals surface area (Å²) in [5.41, 5.74) is 0.946. The quantitative estimate of drug-likeness (QED) is 0.645. The number of likely N-dealkylation sites (N-methyl/N-ethyl adjacent to an activating group) is 1. The van der Waals surface area contributed by atoms with Crippen molar-refractivity contribution in [2.24, 2.45) is 0 Å². The summed E-state index contributed by atoms with van der Waals surface area (Å²) in [6, 6.07) is 5.40. The Bertz CT molecular complexity index is 487. The number of piperidine rings is 1. The fourth-order valence-corrected chi connectivity index (χ4v) is 2.84. The second-order valence-corrected chi connectivity index (χ2v) is 5.16. The lowest BCUT2D eigenvalue weighted by Crippen LogP contribution is -2.46. The van der Waals surface area contributed by atoms with Crippen molar-refractivity contribution in [2.75, 3.05) is 31.1 Å². The number of non-ortho nitro benzene ring substituents is 1. The van der Waals surface area contributed by atoms with Crippen molar-refractivity contribution in [3.05, 3.63) is 28.3 Å². The van der Waals surface area contributed by atoms with Gasteiger partial charge in [0.15, 0.2) is 0 Å². The Morgan fingerprint density at radius 2 is 2.24 bits per heavy atom. The third-order valence-electron chi connectivity index (χ3n) is 3.78. The first kappa shape index (κ1) is 15.6. The average Bonchev–Trinajstić information content (AvgIpc) is 2.49. The summed E-state index contributed by atoms with van der Waals surface area (Å²) in [6.07, 6.45) is 2.24. The number of rotatable bonds is 6. The first-order valence-corrected chi connectivity index (χ1v) is 7.55. The molecule has 0 bridgehead atoms. The maximum Gasteiger partial charge on any atom is 0.275 e. The Balaban J connectivity index is 2.31. The standard InChI is InChI=1S/C15H23N3O3/c1-3-17(12-6-5-7-16-11-12)13-8-14(18(19)20)10-15(9-13)21-4-2/h8-10,12,16H,3-7,11H2,1-2H3. The van der Waals surface area contributed by atoms with Gasteiger partial charge in [-0.3, -0.25) is 10.1 Å². The molecule has 6 heteroatoms. The summed E-state index contributed by atoms with van der Waals surface area (Å²) >= 11 is 0. The summed E-state index contributed by atoms with van der Waals surface area (Å²) in [7, 11) is 0. The molecular weight excluding hydrogens is 270 g/mol. The first-order chi connectivity index (χ1) is 10.2. The molecule has 0 aliphatic carbocycles. The first-order valence-electron chi connectivity index (χ1n) is 7.55. The minimum absolute atomic E-state index is 0.0816. The van der Waals surface area contributed by atoms with Crippen LogP contribution in [0, 0.1) is 10.1 Å². The molecule has 0 amide bonds. The molecule has 1 aromatic carbocycles. The Morgan fingerprint density at radius 3 is 2.81 bits per heavy atom. The molecule has 0 saturated carbocycles. The van der Waals surface area contributed by atoms with Crippen LogP contribution in [0.1, 0.15) is 26.7 Å². The van der Waals surface area contributed by atoms with Crippen LogP contribution in [-0.2, 0) is 0 Å². The van der Waals surface area contributed by atoms with Crippen LogP contribution in [0.15, 0.2) is 18.2 Å². The largest absolute Gasteiger partial charge is 0.494 e. The van der Waals surface area contributed by atoms with Crippen LogP contribution in [0.2, 0.25) is 0 Å². The molecule has 1 heterocycles.